The van der Waals surface area contributed by atoms with Gasteiger partial charge in [-0.05, 0) is 23.6 Å². The Kier molecular flexibility index (Phi) is 6.68. The zero-order valence-electron chi connectivity index (χ0n) is 21.2. The van der Waals surface area contributed by atoms with Crippen LogP contribution in [0.15, 0.2) is 79.1 Å². The van der Waals surface area contributed by atoms with Gasteiger partial charge in [-0.25, -0.2) is 9.67 Å². The molecule has 0 aliphatic carbocycles. The fourth-order valence-corrected chi connectivity index (χ4v) is 3.88. The molecule has 1 amide bonds. The van der Waals surface area contributed by atoms with Gasteiger partial charge < -0.3 is 10.6 Å². The Morgan fingerprint density at radius 2 is 1.59 bits per heavy atom. The number of aromatic nitrogens is 6. The molecule has 2 aromatic carbocycles. The molecule has 5 rings (SSSR count). The van der Waals surface area contributed by atoms with Crippen LogP contribution in [0.5, 0.6) is 0 Å². The second kappa shape index (κ2) is 10.2. The number of carbonyl (C=O) groups is 1. The van der Waals surface area contributed by atoms with E-state index < -0.39 is 5.41 Å². The number of amides is 1. The summed E-state index contributed by atoms with van der Waals surface area (Å²) in [6.07, 6.45) is 4.33. The average molecular weight is 495 g/mol. The molecule has 0 radical (unpaired) electrons. The molecule has 9 heteroatoms. The summed E-state index contributed by atoms with van der Waals surface area (Å²) in [7, 11) is 0. The lowest BCUT2D eigenvalue weighted by atomic mass is 9.96. The van der Waals surface area contributed by atoms with Crippen LogP contribution in [0, 0.1) is 5.41 Å². The Morgan fingerprint density at radius 1 is 0.892 bits per heavy atom. The first kappa shape index (κ1) is 24.2. The Balaban J connectivity index is 1.60. The third-order valence-corrected chi connectivity index (χ3v) is 5.96. The van der Waals surface area contributed by atoms with Crippen molar-refractivity contribution in [3.05, 3.63) is 90.3 Å². The van der Waals surface area contributed by atoms with Crippen LogP contribution >= 0.6 is 0 Å². The average Bonchev–Trinajstić information content (AvgIpc) is 3.55. The number of nitrogens with zero attached hydrogens (tertiary/aromatic N) is 6. The van der Waals surface area contributed by atoms with Crippen molar-refractivity contribution >= 4 is 28.8 Å². The number of nitrogens with one attached hydrogen (secondary N) is 2. The predicted octanol–water partition coefficient (Wildman–Crippen LogP) is 4.85. The standard InChI is InChI=1S/C28H30N8O/c1-28(2,3)25(37)32-23-22-24(34-26(33-23)29-19-21-13-8-5-9-14-21)35(18-15-20-11-6-4-7-12-20)27(31-22)36-17-10-16-30-36/h4-14,16-17H,15,18-19H2,1-3H3,(H2,29,32,33,34,37). The highest BCUT2D eigenvalue weighted by molar-refractivity contribution is 6.00. The van der Waals surface area contributed by atoms with Crippen LogP contribution in [0.1, 0.15) is 31.9 Å². The van der Waals surface area contributed by atoms with Gasteiger partial charge in [0.15, 0.2) is 17.0 Å². The first-order valence-corrected chi connectivity index (χ1v) is 12.3. The van der Waals surface area contributed by atoms with Crippen LogP contribution < -0.4 is 10.6 Å². The van der Waals surface area contributed by atoms with E-state index in [0.29, 0.717) is 42.0 Å². The summed E-state index contributed by atoms with van der Waals surface area (Å²) in [5.41, 5.74) is 2.84. The fraction of sp³-hybridized carbons (Fsp3) is 0.250. The maximum Gasteiger partial charge on any atom is 0.233 e. The molecule has 0 spiro atoms. The molecule has 0 aliphatic heterocycles. The minimum atomic E-state index is -0.602. The maximum atomic E-state index is 13.0. The Morgan fingerprint density at radius 3 is 2.24 bits per heavy atom. The molecule has 0 atom stereocenters. The van der Waals surface area contributed by atoms with Crippen molar-refractivity contribution in [3.63, 3.8) is 0 Å². The van der Waals surface area contributed by atoms with Gasteiger partial charge in [0.25, 0.3) is 0 Å². The zero-order valence-corrected chi connectivity index (χ0v) is 21.2. The number of aryl methyl sites for hydroxylation is 2. The van der Waals surface area contributed by atoms with E-state index in [2.05, 4.69) is 32.8 Å². The Labute approximate surface area is 215 Å². The third kappa shape index (κ3) is 5.50. The molecule has 0 aliphatic rings. The van der Waals surface area contributed by atoms with Gasteiger partial charge in [0.05, 0.1) is 0 Å². The molecule has 188 valence electrons. The van der Waals surface area contributed by atoms with Crippen molar-refractivity contribution in [3.8, 4) is 5.95 Å². The van der Waals surface area contributed by atoms with Gasteiger partial charge >= 0.3 is 0 Å². The molecule has 0 saturated heterocycles. The minimum Gasteiger partial charge on any atom is -0.350 e. The Bertz CT molecular complexity index is 1490. The summed E-state index contributed by atoms with van der Waals surface area (Å²) in [5, 5.41) is 10.7. The SMILES string of the molecule is CC(C)(C)C(=O)Nc1nc(NCc2ccccc2)nc2c1nc(-n1cccn1)n2CCc1ccccc1. The first-order valence-electron chi connectivity index (χ1n) is 12.3. The molecule has 0 unspecified atom stereocenters. The second-order valence-corrected chi connectivity index (χ2v) is 9.86. The number of carbonyl (C=O) groups excluding carboxylic acids is 1. The van der Waals surface area contributed by atoms with Gasteiger partial charge in [0.2, 0.25) is 17.8 Å². The quantitative estimate of drug-likeness (QED) is 0.320. The summed E-state index contributed by atoms with van der Waals surface area (Å²) in [6, 6.07) is 22.2. The number of hydrogen-bond donors (Lipinski definition) is 2. The molecule has 9 nitrogen and oxygen atoms in total. The molecule has 3 heterocycles. The molecular weight excluding hydrogens is 464 g/mol. The van der Waals surface area contributed by atoms with Gasteiger partial charge in [-0.1, -0.05) is 81.4 Å². The van der Waals surface area contributed by atoms with Crippen molar-refractivity contribution in [1.29, 1.82) is 0 Å². The van der Waals surface area contributed by atoms with Crippen LogP contribution in [0.2, 0.25) is 0 Å². The van der Waals surface area contributed by atoms with Gasteiger partial charge in [-0.15, -0.1) is 0 Å². The van der Waals surface area contributed by atoms with Crippen LogP contribution in [-0.2, 0) is 24.3 Å². The topological polar surface area (TPSA) is 103 Å². The maximum absolute atomic E-state index is 13.0. The number of hydrogen-bond acceptors (Lipinski definition) is 6. The second-order valence-electron chi connectivity index (χ2n) is 9.86. The molecular formula is C28H30N8O. The van der Waals surface area contributed by atoms with E-state index in [0.717, 1.165) is 12.0 Å². The van der Waals surface area contributed by atoms with Crippen molar-refractivity contribution < 1.29 is 4.79 Å². The summed E-state index contributed by atoms with van der Waals surface area (Å²) in [6.45, 7) is 6.76. The van der Waals surface area contributed by atoms with Crippen molar-refractivity contribution in [1.82, 2.24) is 29.3 Å². The van der Waals surface area contributed by atoms with E-state index in [4.69, 9.17) is 9.97 Å². The van der Waals surface area contributed by atoms with Crippen LogP contribution in [0.3, 0.4) is 0 Å². The molecule has 0 bridgehead atoms. The molecule has 5 aromatic rings. The van der Waals surface area contributed by atoms with E-state index in [-0.39, 0.29) is 5.91 Å². The monoisotopic (exact) mass is 494 g/mol. The lowest BCUT2D eigenvalue weighted by molar-refractivity contribution is -0.123. The van der Waals surface area contributed by atoms with E-state index in [1.165, 1.54) is 5.56 Å². The lowest BCUT2D eigenvalue weighted by Crippen LogP contribution is -2.28. The van der Waals surface area contributed by atoms with Crippen LogP contribution in [0.4, 0.5) is 11.8 Å². The van der Waals surface area contributed by atoms with E-state index in [1.807, 2.05) is 86.1 Å². The van der Waals surface area contributed by atoms with Crippen molar-refractivity contribution in [2.24, 2.45) is 5.41 Å². The van der Waals surface area contributed by atoms with E-state index in [1.54, 1.807) is 10.9 Å². The predicted molar refractivity (Wildman–Crippen MR) is 144 cm³/mol. The van der Waals surface area contributed by atoms with Crippen molar-refractivity contribution in [2.75, 3.05) is 10.6 Å². The summed E-state index contributed by atoms with van der Waals surface area (Å²) in [4.78, 5) is 27.3. The summed E-state index contributed by atoms with van der Waals surface area (Å²) >= 11 is 0. The zero-order chi connectivity index (χ0) is 25.8. The smallest absolute Gasteiger partial charge is 0.233 e. The first-order chi connectivity index (χ1) is 17.9. The van der Waals surface area contributed by atoms with Gasteiger partial charge in [0.1, 0.15) is 0 Å². The number of anilines is 2. The highest BCUT2D eigenvalue weighted by Crippen LogP contribution is 2.27. The third-order valence-electron chi connectivity index (χ3n) is 5.96. The highest BCUT2D eigenvalue weighted by atomic mass is 16.2. The number of rotatable bonds is 8. The number of fused-ring (bicyclic) bond motifs is 1. The molecule has 0 saturated carbocycles. The normalized spacial score (nSPS) is 11.5. The largest absolute Gasteiger partial charge is 0.350 e. The number of imidazole rings is 1. The van der Waals surface area contributed by atoms with Gasteiger partial charge in [0, 0.05) is 30.9 Å². The van der Waals surface area contributed by atoms with Crippen LogP contribution in [0.25, 0.3) is 17.1 Å². The Hall–Kier alpha value is -4.53. The molecule has 37 heavy (non-hydrogen) atoms. The summed E-state index contributed by atoms with van der Waals surface area (Å²) in [5.74, 6) is 1.23. The molecule has 0 fully saturated rings. The highest BCUT2D eigenvalue weighted by Gasteiger charge is 2.25. The van der Waals surface area contributed by atoms with Crippen LogP contribution in [-0.4, -0.2) is 35.2 Å². The fourth-order valence-electron chi connectivity index (χ4n) is 3.88. The van der Waals surface area contributed by atoms with E-state index in [9.17, 15) is 4.79 Å². The number of benzene rings is 2. The van der Waals surface area contributed by atoms with E-state index >= 15 is 0 Å². The summed E-state index contributed by atoms with van der Waals surface area (Å²) < 4.78 is 3.73. The lowest BCUT2D eigenvalue weighted by Gasteiger charge is -2.17. The minimum absolute atomic E-state index is 0.152. The van der Waals surface area contributed by atoms with Crippen molar-refractivity contribution in [2.45, 2.75) is 40.3 Å². The van der Waals surface area contributed by atoms with Gasteiger partial charge in [-0.3, -0.25) is 9.36 Å². The molecule has 2 N–H and O–H groups in total. The van der Waals surface area contributed by atoms with Gasteiger partial charge in [-0.2, -0.15) is 15.1 Å². The molecule has 3 aromatic heterocycles.